The second kappa shape index (κ2) is 5.79. The van der Waals surface area contributed by atoms with Gasteiger partial charge in [-0.05, 0) is 31.5 Å². The number of rotatable bonds is 3. The van der Waals surface area contributed by atoms with E-state index in [0.29, 0.717) is 18.8 Å². The number of hydrogen-bond acceptors (Lipinski definition) is 5. The van der Waals surface area contributed by atoms with E-state index in [9.17, 15) is 9.59 Å². The predicted molar refractivity (Wildman–Crippen MR) is 75.8 cm³/mol. The van der Waals surface area contributed by atoms with Crippen molar-refractivity contribution in [3.63, 3.8) is 0 Å². The van der Waals surface area contributed by atoms with Crippen molar-refractivity contribution in [2.45, 2.75) is 25.4 Å². The number of hydrogen-bond donors (Lipinski definition) is 3. The van der Waals surface area contributed by atoms with E-state index in [4.69, 9.17) is 5.84 Å². The van der Waals surface area contributed by atoms with E-state index < -0.39 is 5.91 Å². The number of nitrogens with one attached hydrogen (secondary N) is 2. The van der Waals surface area contributed by atoms with Crippen molar-refractivity contribution < 1.29 is 9.59 Å². The quantitative estimate of drug-likeness (QED) is 0.392. The van der Waals surface area contributed by atoms with Crippen LogP contribution in [-0.4, -0.2) is 40.8 Å². The number of hydrazine groups is 1. The fourth-order valence-corrected chi connectivity index (χ4v) is 3.21. The zero-order valence-corrected chi connectivity index (χ0v) is 11.7. The number of pyridine rings is 1. The number of nitrogen functional groups attached to an aromatic ring is 1. The van der Waals surface area contributed by atoms with Crippen molar-refractivity contribution in [2.24, 2.45) is 11.8 Å². The number of carbonyl (C=O) groups excluding carboxylic acids is 2. The van der Waals surface area contributed by atoms with Crippen LogP contribution in [0.25, 0.3) is 0 Å². The van der Waals surface area contributed by atoms with Crippen molar-refractivity contribution in [3.05, 3.63) is 29.6 Å². The van der Waals surface area contributed by atoms with E-state index in [1.165, 1.54) is 0 Å². The molecule has 4 N–H and O–H groups in total. The molecule has 2 unspecified atom stereocenters. The third-order valence-corrected chi connectivity index (χ3v) is 4.25. The predicted octanol–water partition coefficient (Wildman–Crippen LogP) is -0.604. The van der Waals surface area contributed by atoms with Crippen LogP contribution in [0.15, 0.2) is 18.2 Å². The second-order valence-electron chi connectivity index (χ2n) is 5.52. The maximum atomic E-state index is 11.8. The van der Waals surface area contributed by atoms with Crippen molar-refractivity contribution >= 4 is 11.8 Å². The van der Waals surface area contributed by atoms with E-state index >= 15 is 0 Å². The molecule has 7 nitrogen and oxygen atoms in total. The summed E-state index contributed by atoms with van der Waals surface area (Å²) >= 11 is 0. The Kier molecular flexibility index (Phi) is 3.85. The van der Waals surface area contributed by atoms with Gasteiger partial charge in [0.15, 0.2) is 0 Å². The molecule has 1 aromatic rings. The number of nitrogens with two attached hydrogens (primary N) is 1. The average molecular weight is 289 g/mol. The molecule has 2 aliphatic rings. The van der Waals surface area contributed by atoms with Gasteiger partial charge in [-0.2, -0.15) is 0 Å². The van der Waals surface area contributed by atoms with Crippen molar-refractivity contribution in [2.75, 3.05) is 13.1 Å². The SMILES string of the molecule is NNC(=O)c1cccc(CN2CCCC3C(=O)NCC32)n1. The molecule has 7 heteroatoms. The Morgan fingerprint density at radius 2 is 2.38 bits per heavy atom. The third kappa shape index (κ3) is 2.74. The Labute approximate surface area is 122 Å². The lowest BCUT2D eigenvalue weighted by Crippen LogP contribution is -2.45. The number of carbonyl (C=O) groups is 2. The topological polar surface area (TPSA) is 100 Å². The minimum absolute atomic E-state index is 0.0919. The molecular weight excluding hydrogens is 270 g/mol. The van der Waals surface area contributed by atoms with Gasteiger partial charge in [0.05, 0.1) is 11.6 Å². The number of amides is 2. The van der Waals surface area contributed by atoms with Crippen LogP contribution in [-0.2, 0) is 11.3 Å². The first kappa shape index (κ1) is 14.0. The molecule has 21 heavy (non-hydrogen) atoms. The largest absolute Gasteiger partial charge is 0.354 e. The lowest BCUT2D eigenvalue weighted by atomic mass is 9.91. The van der Waals surface area contributed by atoms with Gasteiger partial charge in [0.2, 0.25) is 5.91 Å². The van der Waals surface area contributed by atoms with Crippen LogP contribution in [0.5, 0.6) is 0 Å². The molecule has 0 spiro atoms. The fraction of sp³-hybridized carbons (Fsp3) is 0.500. The molecule has 112 valence electrons. The van der Waals surface area contributed by atoms with E-state index in [1.54, 1.807) is 12.1 Å². The zero-order valence-electron chi connectivity index (χ0n) is 11.7. The maximum absolute atomic E-state index is 11.8. The van der Waals surface area contributed by atoms with Crippen molar-refractivity contribution in [3.8, 4) is 0 Å². The summed E-state index contributed by atoms with van der Waals surface area (Å²) in [6.45, 7) is 2.29. The van der Waals surface area contributed by atoms with Gasteiger partial charge in [-0.25, -0.2) is 10.8 Å². The Morgan fingerprint density at radius 1 is 1.52 bits per heavy atom. The minimum Gasteiger partial charge on any atom is -0.354 e. The molecule has 3 heterocycles. The Bertz CT molecular complexity index is 562. The van der Waals surface area contributed by atoms with Crippen molar-refractivity contribution in [1.29, 1.82) is 0 Å². The first-order valence-electron chi connectivity index (χ1n) is 7.17. The summed E-state index contributed by atoms with van der Waals surface area (Å²) in [5.74, 6) is 4.98. The van der Waals surface area contributed by atoms with Gasteiger partial charge in [0, 0.05) is 19.1 Å². The van der Waals surface area contributed by atoms with Crippen LogP contribution in [0, 0.1) is 5.92 Å². The Balaban J connectivity index is 1.74. The van der Waals surface area contributed by atoms with Gasteiger partial charge < -0.3 is 5.32 Å². The normalized spacial score (nSPS) is 25.3. The van der Waals surface area contributed by atoms with Gasteiger partial charge in [0.1, 0.15) is 5.69 Å². The second-order valence-corrected chi connectivity index (χ2v) is 5.52. The molecule has 1 aromatic heterocycles. The number of nitrogens with zero attached hydrogens (tertiary/aromatic N) is 2. The summed E-state index contributed by atoms with van der Waals surface area (Å²) in [5.41, 5.74) is 3.21. The lowest BCUT2D eigenvalue weighted by Gasteiger charge is -2.35. The van der Waals surface area contributed by atoms with E-state index in [2.05, 4.69) is 20.6 Å². The van der Waals surface area contributed by atoms with E-state index in [-0.39, 0.29) is 17.9 Å². The lowest BCUT2D eigenvalue weighted by molar-refractivity contribution is -0.124. The molecule has 0 aliphatic carbocycles. The highest BCUT2D eigenvalue weighted by Gasteiger charge is 2.40. The molecule has 3 rings (SSSR count). The standard InChI is InChI=1S/C14H19N5O2/c15-18-14(21)11-5-1-3-9(17-11)8-19-6-2-4-10-12(19)7-16-13(10)20/h1,3,5,10,12H,2,4,6-8,15H2,(H,16,20)(H,18,21). The summed E-state index contributed by atoms with van der Waals surface area (Å²) in [7, 11) is 0. The molecule has 2 fully saturated rings. The smallest absolute Gasteiger partial charge is 0.283 e. The van der Waals surface area contributed by atoms with Crippen LogP contribution in [0.1, 0.15) is 29.0 Å². The number of fused-ring (bicyclic) bond motifs is 1. The van der Waals surface area contributed by atoms with Gasteiger partial charge in [-0.3, -0.25) is 19.9 Å². The minimum atomic E-state index is -0.397. The summed E-state index contributed by atoms with van der Waals surface area (Å²) in [6.07, 6.45) is 1.97. The monoisotopic (exact) mass is 289 g/mol. The molecule has 0 bridgehead atoms. The number of piperidine rings is 1. The molecule has 2 amide bonds. The van der Waals surface area contributed by atoms with Gasteiger partial charge >= 0.3 is 0 Å². The first-order valence-corrected chi connectivity index (χ1v) is 7.17. The van der Waals surface area contributed by atoms with Crippen LogP contribution in [0.3, 0.4) is 0 Å². The Morgan fingerprint density at radius 3 is 3.19 bits per heavy atom. The Hall–Kier alpha value is -1.99. The van der Waals surface area contributed by atoms with Gasteiger partial charge in [-0.15, -0.1) is 0 Å². The highest BCUT2D eigenvalue weighted by atomic mass is 16.2. The van der Waals surface area contributed by atoms with Crippen LogP contribution in [0.2, 0.25) is 0 Å². The first-order chi connectivity index (χ1) is 10.2. The van der Waals surface area contributed by atoms with Crippen LogP contribution in [0.4, 0.5) is 0 Å². The van der Waals surface area contributed by atoms with E-state index in [0.717, 1.165) is 25.1 Å². The van der Waals surface area contributed by atoms with Crippen molar-refractivity contribution in [1.82, 2.24) is 20.6 Å². The molecular formula is C14H19N5O2. The summed E-state index contributed by atoms with van der Waals surface area (Å²) in [5, 5.41) is 2.93. The maximum Gasteiger partial charge on any atom is 0.283 e. The van der Waals surface area contributed by atoms with Crippen LogP contribution < -0.4 is 16.6 Å². The highest BCUT2D eigenvalue weighted by molar-refractivity contribution is 5.91. The summed E-state index contributed by atoms with van der Waals surface area (Å²) in [6, 6.07) is 5.55. The van der Waals surface area contributed by atoms with Gasteiger partial charge in [-0.1, -0.05) is 6.07 Å². The highest BCUT2D eigenvalue weighted by Crippen LogP contribution is 2.28. The molecule has 0 radical (unpaired) electrons. The third-order valence-electron chi connectivity index (χ3n) is 4.25. The summed E-state index contributed by atoms with van der Waals surface area (Å²) in [4.78, 5) is 29.9. The zero-order chi connectivity index (χ0) is 14.8. The molecule has 0 aromatic carbocycles. The molecule has 0 saturated carbocycles. The molecule has 2 atom stereocenters. The fourth-order valence-electron chi connectivity index (χ4n) is 3.21. The number of aromatic nitrogens is 1. The molecule has 2 aliphatic heterocycles. The van der Waals surface area contributed by atoms with E-state index in [1.807, 2.05) is 6.07 Å². The van der Waals surface area contributed by atoms with Gasteiger partial charge in [0.25, 0.3) is 5.91 Å². The van der Waals surface area contributed by atoms with Crippen LogP contribution >= 0.6 is 0 Å². The average Bonchev–Trinajstić information content (AvgIpc) is 2.89. The number of likely N-dealkylation sites (tertiary alicyclic amines) is 1. The summed E-state index contributed by atoms with van der Waals surface area (Å²) < 4.78 is 0. The molecule has 2 saturated heterocycles.